The van der Waals surface area contributed by atoms with Crippen LogP contribution in [-0.2, 0) is 16.6 Å². The van der Waals surface area contributed by atoms with Crippen LogP contribution in [0.4, 0.5) is 8.78 Å². The summed E-state index contributed by atoms with van der Waals surface area (Å²) in [6, 6.07) is 1.80. The van der Waals surface area contributed by atoms with Crippen LogP contribution in [0.15, 0.2) is 17.0 Å². The first-order chi connectivity index (χ1) is 8.71. The average Bonchev–Trinajstić information content (AvgIpc) is 2.32. The van der Waals surface area contributed by atoms with E-state index in [0.29, 0.717) is 5.56 Å². The predicted octanol–water partition coefficient (Wildman–Crippen LogP) is 1.71. The maximum Gasteiger partial charge on any atom is 0.246 e. The summed E-state index contributed by atoms with van der Waals surface area (Å²) >= 11 is 0. The van der Waals surface area contributed by atoms with Crippen LogP contribution in [0.25, 0.3) is 0 Å². The fraction of sp³-hybridized carbons (Fsp3) is 0.500. The molecule has 19 heavy (non-hydrogen) atoms. The van der Waals surface area contributed by atoms with Gasteiger partial charge in [0.25, 0.3) is 0 Å². The Morgan fingerprint density at radius 2 is 1.89 bits per heavy atom. The van der Waals surface area contributed by atoms with Gasteiger partial charge in [0, 0.05) is 19.6 Å². The van der Waals surface area contributed by atoms with Gasteiger partial charge in [-0.1, -0.05) is 0 Å². The van der Waals surface area contributed by atoms with E-state index in [9.17, 15) is 17.2 Å². The molecule has 0 aliphatic carbocycles. The topological polar surface area (TPSA) is 49.4 Å². The number of benzene rings is 1. The lowest BCUT2D eigenvalue weighted by Gasteiger charge is -2.21. The molecule has 0 saturated carbocycles. The van der Waals surface area contributed by atoms with Crippen molar-refractivity contribution in [3.05, 3.63) is 29.3 Å². The number of rotatable bonds is 5. The van der Waals surface area contributed by atoms with Crippen LogP contribution in [0.5, 0.6) is 0 Å². The van der Waals surface area contributed by atoms with Gasteiger partial charge in [-0.25, -0.2) is 17.2 Å². The van der Waals surface area contributed by atoms with E-state index in [1.807, 2.05) is 0 Å². The highest BCUT2D eigenvalue weighted by molar-refractivity contribution is 7.89. The van der Waals surface area contributed by atoms with E-state index in [1.165, 1.54) is 7.05 Å². The average molecular weight is 292 g/mol. The Labute approximate surface area is 112 Å². The highest BCUT2D eigenvalue weighted by Crippen LogP contribution is 2.23. The summed E-state index contributed by atoms with van der Waals surface area (Å²) in [6.45, 7) is 3.57. The van der Waals surface area contributed by atoms with Gasteiger partial charge in [0.2, 0.25) is 10.0 Å². The van der Waals surface area contributed by atoms with Gasteiger partial charge in [0.05, 0.1) is 0 Å². The van der Waals surface area contributed by atoms with Crippen LogP contribution in [0.2, 0.25) is 0 Å². The van der Waals surface area contributed by atoms with Crippen LogP contribution in [0.3, 0.4) is 0 Å². The Morgan fingerprint density at radius 1 is 1.32 bits per heavy atom. The molecular weight excluding hydrogens is 274 g/mol. The Kier molecular flexibility index (Phi) is 5.00. The third-order valence-electron chi connectivity index (χ3n) is 2.82. The molecule has 0 radical (unpaired) electrons. The monoisotopic (exact) mass is 292 g/mol. The highest BCUT2D eigenvalue weighted by Gasteiger charge is 2.28. The SMILES string of the molecule is CNCc1cc(F)c(F)c(S(=O)(=O)N(C)C(C)C)c1. The van der Waals surface area contributed by atoms with E-state index in [-0.39, 0.29) is 12.6 Å². The van der Waals surface area contributed by atoms with E-state index in [0.717, 1.165) is 16.4 Å². The summed E-state index contributed by atoms with van der Waals surface area (Å²) in [5.74, 6) is -2.50. The van der Waals surface area contributed by atoms with E-state index in [4.69, 9.17) is 0 Å². The fourth-order valence-corrected chi connectivity index (χ4v) is 3.03. The van der Waals surface area contributed by atoms with E-state index < -0.39 is 26.6 Å². The Morgan fingerprint density at radius 3 is 2.37 bits per heavy atom. The molecule has 0 aliphatic rings. The molecule has 0 unspecified atom stereocenters. The van der Waals surface area contributed by atoms with Crippen molar-refractivity contribution in [3.63, 3.8) is 0 Å². The van der Waals surface area contributed by atoms with Crippen LogP contribution in [0, 0.1) is 11.6 Å². The maximum atomic E-state index is 13.7. The number of sulfonamides is 1. The summed E-state index contributed by atoms with van der Waals surface area (Å²) in [7, 11) is -1.07. The second kappa shape index (κ2) is 5.94. The van der Waals surface area contributed by atoms with Crippen molar-refractivity contribution in [2.75, 3.05) is 14.1 Å². The number of nitrogens with zero attached hydrogens (tertiary/aromatic N) is 1. The summed E-state index contributed by atoms with van der Waals surface area (Å²) in [5.41, 5.74) is 0.372. The van der Waals surface area contributed by atoms with E-state index in [2.05, 4.69) is 5.32 Å². The molecule has 1 aromatic rings. The molecule has 0 amide bonds. The molecule has 4 nitrogen and oxygen atoms in total. The van der Waals surface area contributed by atoms with Crippen molar-refractivity contribution in [2.24, 2.45) is 0 Å². The minimum Gasteiger partial charge on any atom is -0.316 e. The van der Waals surface area contributed by atoms with E-state index >= 15 is 0 Å². The fourth-order valence-electron chi connectivity index (χ4n) is 1.54. The van der Waals surface area contributed by atoms with Crippen molar-refractivity contribution in [3.8, 4) is 0 Å². The largest absolute Gasteiger partial charge is 0.316 e. The lowest BCUT2D eigenvalue weighted by Crippen LogP contribution is -2.33. The van der Waals surface area contributed by atoms with Gasteiger partial charge in [-0.05, 0) is 38.6 Å². The molecule has 7 heteroatoms. The summed E-state index contributed by atoms with van der Waals surface area (Å²) in [6.07, 6.45) is 0. The third-order valence-corrected chi connectivity index (χ3v) is 4.85. The van der Waals surface area contributed by atoms with Gasteiger partial charge in [-0.3, -0.25) is 0 Å². The van der Waals surface area contributed by atoms with Crippen LogP contribution in [-0.4, -0.2) is 32.9 Å². The summed E-state index contributed by atoms with van der Waals surface area (Å²) in [5, 5.41) is 2.76. The molecule has 0 aliphatic heterocycles. The molecule has 1 N–H and O–H groups in total. The zero-order valence-electron chi connectivity index (χ0n) is 11.4. The van der Waals surface area contributed by atoms with Crippen molar-refractivity contribution in [2.45, 2.75) is 31.3 Å². The first kappa shape index (κ1) is 16.0. The normalized spacial score (nSPS) is 12.4. The first-order valence-corrected chi connectivity index (χ1v) is 7.26. The van der Waals surface area contributed by atoms with Crippen molar-refractivity contribution >= 4 is 10.0 Å². The standard InChI is InChI=1S/C12H18F2N2O2S/c1-8(2)16(4)19(17,18)11-6-9(7-15-3)5-10(13)12(11)14/h5-6,8,15H,7H2,1-4H3. The zero-order chi connectivity index (χ0) is 14.8. The van der Waals surface area contributed by atoms with E-state index in [1.54, 1.807) is 20.9 Å². The summed E-state index contributed by atoms with van der Waals surface area (Å²) < 4.78 is 52.6. The molecule has 0 heterocycles. The minimum atomic E-state index is -4.04. The second-order valence-electron chi connectivity index (χ2n) is 4.54. The van der Waals surface area contributed by atoms with Crippen LogP contribution < -0.4 is 5.32 Å². The molecule has 0 aromatic heterocycles. The molecule has 0 spiro atoms. The molecule has 108 valence electrons. The van der Waals surface area contributed by atoms with Gasteiger partial charge in [0.15, 0.2) is 11.6 Å². The number of hydrogen-bond acceptors (Lipinski definition) is 3. The van der Waals surface area contributed by atoms with Gasteiger partial charge < -0.3 is 5.32 Å². The lowest BCUT2D eigenvalue weighted by molar-refractivity contribution is 0.403. The Hall–Kier alpha value is -1.05. The first-order valence-electron chi connectivity index (χ1n) is 5.82. The van der Waals surface area contributed by atoms with Crippen molar-refractivity contribution in [1.29, 1.82) is 0 Å². The smallest absolute Gasteiger partial charge is 0.246 e. The molecule has 0 fully saturated rings. The number of nitrogens with one attached hydrogen (secondary N) is 1. The van der Waals surface area contributed by atoms with Crippen molar-refractivity contribution in [1.82, 2.24) is 9.62 Å². The lowest BCUT2D eigenvalue weighted by atomic mass is 10.2. The van der Waals surface area contributed by atoms with Gasteiger partial charge >= 0.3 is 0 Å². The highest BCUT2D eigenvalue weighted by atomic mass is 32.2. The van der Waals surface area contributed by atoms with Crippen LogP contribution >= 0.6 is 0 Å². The molecular formula is C12H18F2N2O2S. The third kappa shape index (κ3) is 3.29. The van der Waals surface area contributed by atoms with Crippen molar-refractivity contribution < 1.29 is 17.2 Å². The maximum absolute atomic E-state index is 13.7. The molecule has 0 saturated heterocycles. The number of halogens is 2. The Bertz CT molecular complexity index is 559. The van der Waals surface area contributed by atoms with Gasteiger partial charge in [-0.2, -0.15) is 4.31 Å². The van der Waals surface area contributed by atoms with Crippen LogP contribution in [0.1, 0.15) is 19.4 Å². The quantitative estimate of drug-likeness (QED) is 0.899. The predicted molar refractivity (Wildman–Crippen MR) is 69.2 cm³/mol. The molecule has 1 rings (SSSR count). The number of hydrogen-bond donors (Lipinski definition) is 1. The van der Waals surface area contributed by atoms with Gasteiger partial charge in [0.1, 0.15) is 4.90 Å². The minimum absolute atomic E-state index is 0.255. The molecule has 1 aromatic carbocycles. The Balaban J connectivity index is 3.41. The van der Waals surface area contributed by atoms with Gasteiger partial charge in [-0.15, -0.1) is 0 Å². The second-order valence-corrected chi connectivity index (χ2v) is 6.50. The zero-order valence-corrected chi connectivity index (χ0v) is 12.2. The summed E-state index contributed by atoms with van der Waals surface area (Å²) in [4.78, 5) is -0.631. The molecule has 0 atom stereocenters. The molecule has 0 bridgehead atoms.